The van der Waals surface area contributed by atoms with Crippen LogP contribution in [0.4, 0.5) is 29.1 Å². The zero-order chi connectivity index (χ0) is 36.4. The SMILES string of the molecule is CN(C)C(=O)c1nn2c(c1Cl)CN(c1nc(OC[C@@]34CCCN3C[C@H](F)C4)nc3c1COC(c1c(C#N)c(N)cc(Cl)c1C(F)(F)F)C3)CCC2. The van der Waals surface area contributed by atoms with Crippen molar-refractivity contribution in [1.29, 1.82) is 5.26 Å². The molecule has 3 aromatic rings. The first-order valence-corrected chi connectivity index (χ1v) is 17.3. The van der Waals surface area contributed by atoms with Crippen LogP contribution in [0.2, 0.25) is 10.0 Å². The van der Waals surface area contributed by atoms with Gasteiger partial charge in [-0.15, -0.1) is 0 Å². The molecule has 0 radical (unpaired) electrons. The fraction of sp³-hybridized carbons (Fsp3) is 0.545. The molecule has 18 heteroatoms. The quantitative estimate of drug-likeness (QED) is 0.260. The van der Waals surface area contributed by atoms with Gasteiger partial charge in [-0.3, -0.25) is 14.4 Å². The molecule has 0 spiro atoms. The standard InChI is InChI=1S/C33H35Cl2F4N9O3/c1-45(2)30(49)28-27(35)23-14-46(6-4-8-48(23)44-28)29-19-15-50-24(25-18(12-40)21(41)9-20(34)26(25)33(37,38)39)10-22(19)42-31(43-29)51-16-32-5-3-7-47(32)13-17(36)11-32/h9,17,24H,3-8,10-11,13-16,41H2,1-2H3/t17-,24?,32+/m1/s1. The molecule has 3 atom stereocenters. The Morgan fingerprint density at radius 1 is 1.24 bits per heavy atom. The summed E-state index contributed by atoms with van der Waals surface area (Å²) in [6.07, 6.45) is -4.81. The number of rotatable bonds is 6. The molecule has 1 aromatic carbocycles. The molecule has 4 aliphatic heterocycles. The minimum absolute atomic E-state index is 0.0255. The van der Waals surface area contributed by atoms with E-state index in [1.807, 2.05) is 4.90 Å². The Hall–Kier alpha value is -3.91. The summed E-state index contributed by atoms with van der Waals surface area (Å²) in [7, 11) is 3.21. The zero-order valence-electron chi connectivity index (χ0n) is 27.9. The van der Waals surface area contributed by atoms with Crippen molar-refractivity contribution in [3.63, 3.8) is 0 Å². The molecule has 4 aliphatic rings. The Balaban J connectivity index is 1.29. The van der Waals surface area contributed by atoms with Crippen LogP contribution in [-0.2, 0) is 37.0 Å². The minimum atomic E-state index is -4.91. The highest BCUT2D eigenvalue weighted by Crippen LogP contribution is 2.47. The van der Waals surface area contributed by atoms with Gasteiger partial charge in [-0.25, -0.2) is 4.39 Å². The number of nitriles is 1. The molecule has 1 unspecified atom stereocenters. The zero-order valence-corrected chi connectivity index (χ0v) is 29.4. The van der Waals surface area contributed by atoms with Gasteiger partial charge in [0.05, 0.1) is 63.0 Å². The lowest BCUT2D eigenvalue weighted by atomic mass is 9.90. The number of hydrogen-bond donors (Lipinski definition) is 1. The topological polar surface area (TPSA) is 139 Å². The number of nitrogens with zero attached hydrogens (tertiary/aromatic N) is 8. The van der Waals surface area contributed by atoms with Gasteiger partial charge in [-0.2, -0.15) is 33.5 Å². The van der Waals surface area contributed by atoms with Crippen LogP contribution in [0.3, 0.4) is 0 Å². The molecule has 2 N–H and O–H groups in total. The lowest BCUT2D eigenvalue weighted by molar-refractivity contribution is -0.139. The van der Waals surface area contributed by atoms with Crippen molar-refractivity contribution in [1.82, 2.24) is 29.5 Å². The molecular weight excluding hydrogens is 717 g/mol. The van der Waals surface area contributed by atoms with Gasteiger partial charge in [0.15, 0.2) is 5.69 Å². The maximum Gasteiger partial charge on any atom is 0.418 e. The third-order valence-corrected chi connectivity index (χ3v) is 10.9. The van der Waals surface area contributed by atoms with Gasteiger partial charge in [-0.05, 0) is 31.9 Å². The van der Waals surface area contributed by atoms with E-state index < -0.39 is 40.1 Å². The van der Waals surface area contributed by atoms with Gasteiger partial charge in [-0.1, -0.05) is 23.2 Å². The van der Waals surface area contributed by atoms with Crippen LogP contribution in [0, 0.1) is 11.3 Å². The molecule has 6 heterocycles. The number of aryl methyl sites for hydroxylation is 1. The Morgan fingerprint density at radius 2 is 2.02 bits per heavy atom. The Labute approximate surface area is 301 Å². The number of fused-ring (bicyclic) bond motifs is 3. The van der Waals surface area contributed by atoms with Crippen molar-refractivity contribution in [2.75, 3.05) is 51.0 Å². The second kappa shape index (κ2) is 13.3. The largest absolute Gasteiger partial charge is 0.461 e. The number of anilines is 2. The van der Waals surface area contributed by atoms with Crippen LogP contribution < -0.4 is 15.4 Å². The molecule has 272 valence electrons. The summed E-state index contributed by atoms with van der Waals surface area (Å²) < 4.78 is 71.9. The predicted molar refractivity (Wildman–Crippen MR) is 178 cm³/mol. The molecule has 2 aromatic heterocycles. The number of halogens is 6. The number of alkyl halides is 4. The van der Waals surface area contributed by atoms with Crippen LogP contribution in [0.5, 0.6) is 6.01 Å². The van der Waals surface area contributed by atoms with E-state index in [2.05, 4.69) is 15.0 Å². The third-order valence-electron chi connectivity index (χ3n) is 10.2. The number of benzene rings is 1. The summed E-state index contributed by atoms with van der Waals surface area (Å²) in [6.45, 7) is 2.14. The van der Waals surface area contributed by atoms with E-state index >= 15 is 0 Å². The lowest BCUT2D eigenvalue weighted by Crippen LogP contribution is -2.43. The smallest absolute Gasteiger partial charge is 0.418 e. The lowest BCUT2D eigenvalue weighted by Gasteiger charge is -2.33. The van der Waals surface area contributed by atoms with E-state index in [1.165, 1.54) is 4.90 Å². The first kappa shape index (κ1) is 35.5. The fourth-order valence-electron chi connectivity index (χ4n) is 7.83. The van der Waals surface area contributed by atoms with Crippen molar-refractivity contribution >= 4 is 40.6 Å². The van der Waals surface area contributed by atoms with Crippen LogP contribution in [0.15, 0.2) is 6.07 Å². The predicted octanol–water partition coefficient (Wildman–Crippen LogP) is 5.33. The van der Waals surface area contributed by atoms with Crippen LogP contribution >= 0.6 is 23.2 Å². The second-order valence-electron chi connectivity index (χ2n) is 13.7. The number of carbonyl (C=O) groups is 1. The molecule has 2 saturated heterocycles. The first-order chi connectivity index (χ1) is 24.2. The Morgan fingerprint density at radius 3 is 2.75 bits per heavy atom. The van der Waals surface area contributed by atoms with E-state index in [-0.39, 0.29) is 60.1 Å². The number of nitrogens with two attached hydrogens (primary N) is 1. The molecular formula is C33H35Cl2F4N9O3. The van der Waals surface area contributed by atoms with E-state index in [0.29, 0.717) is 55.2 Å². The summed E-state index contributed by atoms with van der Waals surface area (Å²) in [5, 5.41) is 14.0. The molecule has 2 fully saturated rings. The highest BCUT2D eigenvalue weighted by molar-refractivity contribution is 6.34. The average molecular weight is 753 g/mol. The third kappa shape index (κ3) is 6.32. The number of carbonyl (C=O) groups excluding carboxylic acids is 1. The van der Waals surface area contributed by atoms with Crippen LogP contribution in [0.25, 0.3) is 0 Å². The maximum atomic E-state index is 14.6. The maximum absolute atomic E-state index is 14.6. The average Bonchev–Trinajstić information content (AvgIpc) is 3.64. The van der Waals surface area contributed by atoms with Crippen LogP contribution in [0.1, 0.15) is 75.9 Å². The monoisotopic (exact) mass is 751 g/mol. The van der Waals surface area contributed by atoms with Gasteiger partial charge in [0.2, 0.25) is 0 Å². The number of amides is 1. The molecule has 0 aliphatic carbocycles. The van der Waals surface area contributed by atoms with Crippen molar-refractivity contribution in [3.8, 4) is 12.1 Å². The molecule has 7 rings (SSSR count). The molecule has 0 bridgehead atoms. The van der Waals surface area contributed by atoms with Gasteiger partial charge < -0.3 is 25.0 Å². The molecule has 0 saturated carbocycles. The van der Waals surface area contributed by atoms with Gasteiger partial charge in [0, 0.05) is 57.7 Å². The number of aromatic nitrogens is 4. The minimum Gasteiger partial charge on any atom is -0.461 e. The highest BCUT2D eigenvalue weighted by Gasteiger charge is 2.49. The second-order valence-corrected chi connectivity index (χ2v) is 14.4. The summed E-state index contributed by atoms with van der Waals surface area (Å²) in [6, 6.07) is 2.69. The normalized spacial score (nSPS) is 23.3. The highest BCUT2D eigenvalue weighted by atomic mass is 35.5. The molecule has 51 heavy (non-hydrogen) atoms. The summed E-state index contributed by atoms with van der Waals surface area (Å²) >= 11 is 12.8. The van der Waals surface area contributed by atoms with Crippen molar-refractivity contribution < 1.29 is 31.8 Å². The number of hydrogen-bond acceptors (Lipinski definition) is 10. The van der Waals surface area contributed by atoms with Gasteiger partial charge >= 0.3 is 12.2 Å². The van der Waals surface area contributed by atoms with E-state index in [4.69, 9.17) is 43.4 Å². The molecule has 12 nitrogen and oxygen atoms in total. The van der Waals surface area contributed by atoms with Crippen molar-refractivity contribution in [2.45, 2.75) is 75.8 Å². The number of nitrogen functional groups attached to an aromatic ring is 1. The summed E-state index contributed by atoms with van der Waals surface area (Å²) in [5.41, 5.74) is 4.80. The van der Waals surface area contributed by atoms with Gasteiger partial charge in [0.1, 0.15) is 24.7 Å². The molecule has 1 amide bonds. The van der Waals surface area contributed by atoms with E-state index in [0.717, 1.165) is 25.5 Å². The fourth-order valence-corrected chi connectivity index (χ4v) is 8.43. The van der Waals surface area contributed by atoms with E-state index in [1.54, 1.807) is 24.8 Å². The van der Waals surface area contributed by atoms with E-state index in [9.17, 15) is 27.6 Å². The first-order valence-electron chi connectivity index (χ1n) is 16.5. The number of ether oxygens (including phenoxy) is 2. The summed E-state index contributed by atoms with van der Waals surface area (Å²) in [4.78, 5) is 27.7. The van der Waals surface area contributed by atoms with Crippen molar-refractivity contribution in [3.05, 3.63) is 55.4 Å². The Bertz CT molecular complexity index is 1930. The van der Waals surface area contributed by atoms with Crippen LogP contribution in [-0.4, -0.2) is 87.5 Å². The summed E-state index contributed by atoms with van der Waals surface area (Å²) in [5.74, 6) is 0.0680. The van der Waals surface area contributed by atoms with Crippen molar-refractivity contribution in [2.24, 2.45) is 0 Å². The Kier molecular flexibility index (Phi) is 9.22. The van der Waals surface area contributed by atoms with Gasteiger partial charge in [0.25, 0.3) is 5.91 Å².